The molecule has 0 unspecified atom stereocenters. The van der Waals surface area contributed by atoms with Crippen LogP contribution >= 0.6 is 0 Å². The first-order valence-corrected chi connectivity index (χ1v) is 8.83. The van der Waals surface area contributed by atoms with Crippen molar-refractivity contribution >= 4 is 15.9 Å². The van der Waals surface area contributed by atoms with E-state index in [-0.39, 0.29) is 11.7 Å². The molecule has 0 aliphatic carbocycles. The summed E-state index contributed by atoms with van der Waals surface area (Å²) in [5.41, 5.74) is 0.772. The van der Waals surface area contributed by atoms with Crippen LogP contribution < -0.4 is 10.4 Å². The second-order valence-corrected chi connectivity index (χ2v) is 7.32. The van der Waals surface area contributed by atoms with Crippen LogP contribution in [0.5, 0.6) is 0 Å². The Bertz CT molecular complexity index is 853. The van der Waals surface area contributed by atoms with Crippen molar-refractivity contribution in [3.05, 3.63) is 41.1 Å². The summed E-state index contributed by atoms with van der Waals surface area (Å²) in [6, 6.07) is 6.56. The molecule has 0 radical (unpaired) electrons. The lowest BCUT2D eigenvalue weighted by Crippen LogP contribution is -2.37. The highest BCUT2D eigenvalue weighted by atomic mass is 32.2. The van der Waals surface area contributed by atoms with E-state index >= 15 is 0 Å². The molecule has 9 heteroatoms. The first kappa shape index (κ1) is 15.8. The lowest BCUT2D eigenvalue weighted by Gasteiger charge is -2.21. The van der Waals surface area contributed by atoms with Crippen LogP contribution in [0.15, 0.2) is 35.4 Å². The van der Waals surface area contributed by atoms with Gasteiger partial charge in [-0.3, -0.25) is 9.29 Å². The van der Waals surface area contributed by atoms with Gasteiger partial charge in [-0.2, -0.15) is 22.5 Å². The summed E-state index contributed by atoms with van der Waals surface area (Å²) >= 11 is 0. The number of hydrogen-bond acceptors (Lipinski definition) is 4. The molecule has 0 bridgehead atoms. The van der Waals surface area contributed by atoms with Gasteiger partial charge in [-0.1, -0.05) is 0 Å². The van der Waals surface area contributed by atoms with Crippen molar-refractivity contribution in [3.8, 4) is 5.69 Å². The van der Waals surface area contributed by atoms with Crippen LogP contribution in [0.25, 0.3) is 5.69 Å². The Balaban J connectivity index is 1.80. The Morgan fingerprint density at radius 2 is 1.96 bits per heavy atom. The van der Waals surface area contributed by atoms with Crippen LogP contribution in [-0.4, -0.2) is 39.7 Å². The van der Waals surface area contributed by atoms with E-state index in [1.165, 1.54) is 19.9 Å². The molecule has 1 aliphatic heterocycles. The monoisotopic (exact) mass is 337 g/mol. The average molecular weight is 337 g/mol. The zero-order chi connectivity index (χ0) is 16.6. The minimum absolute atomic E-state index is 0.0128. The van der Waals surface area contributed by atoms with Crippen molar-refractivity contribution in [1.29, 1.82) is 0 Å². The van der Waals surface area contributed by atoms with Crippen molar-refractivity contribution in [2.45, 2.75) is 25.8 Å². The van der Waals surface area contributed by atoms with E-state index in [4.69, 9.17) is 0 Å². The van der Waals surface area contributed by atoms with Gasteiger partial charge >= 0.3 is 15.9 Å². The quantitative estimate of drug-likeness (QED) is 0.890. The largest absolute Gasteiger partial charge is 0.350 e. The zero-order valence-electron chi connectivity index (χ0n) is 13.0. The van der Waals surface area contributed by atoms with Gasteiger partial charge < -0.3 is 0 Å². The second kappa shape index (κ2) is 5.82. The molecule has 1 aromatic carbocycles. The van der Waals surface area contributed by atoms with Crippen LogP contribution in [0, 0.1) is 0 Å². The number of benzene rings is 1. The standard InChI is InChI=1S/C14H19N5O3S/c1-11-4-3-9-18(11)23(21,22)16-12-5-7-13(8-6-12)19-14(20)17(2)10-15-19/h5-8,10-11,16H,3-4,9H2,1-2H3/t11-/m0/s1. The fourth-order valence-corrected chi connectivity index (χ4v) is 4.20. The number of anilines is 1. The Morgan fingerprint density at radius 1 is 1.26 bits per heavy atom. The Labute approximate surface area is 134 Å². The molecule has 1 saturated heterocycles. The summed E-state index contributed by atoms with van der Waals surface area (Å²) < 4.78 is 31.4. The third-order valence-electron chi connectivity index (χ3n) is 3.98. The molecular formula is C14H19N5O3S. The maximum atomic E-state index is 12.4. The maximum absolute atomic E-state index is 12.4. The number of nitrogens with one attached hydrogen (secondary N) is 1. The van der Waals surface area contributed by atoms with Crippen molar-refractivity contribution in [1.82, 2.24) is 18.7 Å². The van der Waals surface area contributed by atoms with Crippen molar-refractivity contribution in [2.75, 3.05) is 11.3 Å². The van der Waals surface area contributed by atoms with Crippen LogP contribution in [0.4, 0.5) is 5.69 Å². The van der Waals surface area contributed by atoms with E-state index in [1.54, 1.807) is 31.3 Å². The first-order valence-electron chi connectivity index (χ1n) is 7.39. The normalized spacial score (nSPS) is 19.1. The molecule has 3 rings (SSSR count). The number of hydrogen-bond donors (Lipinski definition) is 1. The molecule has 1 aromatic heterocycles. The average Bonchev–Trinajstić information content (AvgIpc) is 3.08. The minimum atomic E-state index is -3.55. The maximum Gasteiger partial charge on any atom is 0.350 e. The van der Waals surface area contributed by atoms with E-state index in [0.717, 1.165) is 12.8 Å². The van der Waals surface area contributed by atoms with E-state index < -0.39 is 10.2 Å². The van der Waals surface area contributed by atoms with Gasteiger partial charge in [0.25, 0.3) is 0 Å². The van der Waals surface area contributed by atoms with Crippen molar-refractivity contribution in [3.63, 3.8) is 0 Å². The predicted molar refractivity (Wildman–Crippen MR) is 86.7 cm³/mol. The summed E-state index contributed by atoms with van der Waals surface area (Å²) in [6.07, 6.45) is 3.18. The Morgan fingerprint density at radius 3 is 2.48 bits per heavy atom. The third kappa shape index (κ3) is 3.02. The van der Waals surface area contributed by atoms with E-state index in [1.807, 2.05) is 6.92 Å². The molecule has 2 aromatic rings. The van der Waals surface area contributed by atoms with Gasteiger partial charge in [0.2, 0.25) is 0 Å². The van der Waals surface area contributed by atoms with Crippen LogP contribution in [0.1, 0.15) is 19.8 Å². The predicted octanol–water partition coefficient (Wildman–Crippen LogP) is 0.712. The molecule has 1 atom stereocenters. The fourth-order valence-electron chi connectivity index (χ4n) is 2.70. The van der Waals surface area contributed by atoms with Crippen molar-refractivity contribution < 1.29 is 8.42 Å². The second-order valence-electron chi connectivity index (χ2n) is 5.69. The van der Waals surface area contributed by atoms with Crippen LogP contribution in [0.3, 0.4) is 0 Å². The van der Waals surface area contributed by atoms with Gasteiger partial charge in [-0.05, 0) is 44.0 Å². The molecule has 0 spiro atoms. The Hall–Kier alpha value is -2.13. The molecule has 0 amide bonds. The molecule has 8 nitrogen and oxygen atoms in total. The highest BCUT2D eigenvalue weighted by Crippen LogP contribution is 2.22. The summed E-state index contributed by atoms with van der Waals surface area (Å²) in [7, 11) is -1.93. The lowest BCUT2D eigenvalue weighted by molar-refractivity contribution is 0.412. The van der Waals surface area contributed by atoms with E-state index in [9.17, 15) is 13.2 Å². The molecule has 23 heavy (non-hydrogen) atoms. The number of nitrogens with zero attached hydrogens (tertiary/aromatic N) is 4. The van der Waals surface area contributed by atoms with Gasteiger partial charge in [0, 0.05) is 25.3 Å². The molecular weight excluding hydrogens is 318 g/mol. The molecule has 1 fully saturated rings. The zero-order valence-corrected chi connectivity index (χ0v) is 13.8. The van der Waals surface area contributed by atoms with Gasteiger partial charge in [0.05, 0.1) is 5.69 Å². The van der Waals surface area contributed by atoms with Crippen molar-refractivity contribution in [2.24, 2.45) is 7.05 Å². The van der Waals surface area contributed by atoms with Gasteiger partial charge in [0.1, 0.15) is 6.33 Å². The number of aryl methyl sites for hydroxylation is 1. The summed E-state index contributed by atoms with van der Waals surface area (Å²) in [5.74, 6) is 0. The highest BCUT2D eigenvalue weighted by molar-refractivity contribution is 7.90. The molecule has 1 aliphatic rings. The number of rotatable bonds is 4. The molecule has 0 saturated carbocycles. The minimum Gasteiger partial charge on any atom is -0.284 e. The summed E-state index contributed by atoms with van der Waals surface area (Å²) in [6.45, 7) is 2.45. The first-order chi connectivity index (χ1) is 10.9. The topological polar surface area (TPSA) is 89.2 Å². The molecule has 2 heterocycles. The Kier molecular flexibility index (Phi) is 3.99. The highest BCUT2D eigenvalue weighted by Gasteiger charge is 2.31. The van der Waals surface area contributed by atoms with E-state index in [0.29, 0.717) is 17.9 Å². The van der Waals surface area contributed by atoms with Gasteiger partial charge in [-0.25, -0.2) is 4.79 Å². The lowest BCUT2D eigenvalue weighted by atomic mass is 10.3. The number of aromatic nitrogens is 3. The molecule has 124 valence electrons. The third-order valence-corrected chi connectivity index (χ3v) is 5.64. The molecule has 1 N–H and O–H groups in total. The summed E-state index contributed by atoms with van der Waals surface area (Å²) in [5, 5.41) is 3.98. The van der Waals surface area contributed by atoms with E-state index in [2.05, 4.69) is 9.82 Å². The summed E-state index contributed by atoms with van der Waals surface area (Å²) in [4.78, 5) is 11.8. The van der Waals surface area contributed by atoms with Gasteiger partial charge in [-0.15, -0.1) is 0 Å². The fraction of sp³-hybridized carbons (Fsp3) is 0.429. The van der Waals surface area contributed by atoms with Crippen LogP contribution in [-0.2, 0) is 17.3 Å². The SMILES string of the molecule is C[C@H]1CCCN1S(=O)(=O)Nc1ccc(-n2ncn(C)c2=O)cc1. The van der Waals surface area contributed by atoms with Gasteiger partial charge in [0.15, 0.2) is 0 Å². The smallest absolute Gasteiger partial charge is 0.284 e. The van der Waals surface area contributed by atoms with Crippen LogP contribution in [0.2, 0.25) is 0 Å².